The fourth-order valence-electron chi connectivity index (χ4n) is 5.77. The molecule has 39 heavy (non-hydrogen) atoms. The Balaban J connectivity index is 1.21. The van der Waals surface area contributed by atoms with E-state index in [1.54, 1.807) is 12.4 Å². The molecule has 0 aromatic carbocycles. The lowest BCUT2D eigenvalue weighted by Crippen LogP contribution is -2.44. The normalized spacial score (nSPS) is 16.9. The molecule has 0 bridgehead atoms. The van der Waals surface area contributed by atoms with Crippen LogP contribution in [0, 0.1) is 5.92 Å². The highest BCUT2D eigenvalue weighted by Gasteiger charge is 2.23. The van der Waals surface area contributed by atoms with Crippen molar-refractivity contribution in [2.75, 3.05) is 43.4 Å². The van der Waals surface area contributed by atoms with E-state index in [4.69, 9.17) is 9.97 Å². The molecule has 2 fully saturated rings. The zero-order valence-electron chi connectivity index (χ0n) is 21.9. The molecule has 10 heteroatoms. The summed E-state index contributed by atoms with van der Waals surface area (Å²) in [6, 6.07) is 10.00. The third-order valence-corrected chi connectivity index (χ3v) is 8.02. The van der Waals surface area contributed by atoms with Gasteiger partial charge in [0.2, 0.25) is 5.91 Å². The van der Waals surface area contributed by atoms with Crippen molar-refractivity contribution in [2.45, 2.75) is 25.7 Å². The molecule has 0 unspecified atom stereocenters. The molecule has 0 atom stereocenters. The predicted molar refractivity (Wildman–Crippen MR) is 153 cm³/mol. The van der Waals surface area contributed by atoms with Crippen LogP contribution in [0.25, 0.3) is 44.6 Å². The number of fused-ring (bicyclic) bond motifs is 2. The number of amides is 1. The van der Waals surface area contributed by atoms with Crippen molar-refractivity contribution in [3.63, 3.8) is 0 Å². The van der Waals surface area contributed by atoms with Gasteiger partial charge in [0.05, 0.1) is 34.3 Å². The van der Waals surface area contributed by atoms with Crippen LogP contribution >= 0.6 is 0 Å². The van der Waals surface area contributed by atoms with Crippen LogP contribution in [0.4, 0.5) is 11.5 Å². The number of aromatic amines is 2. The molecule has 1 amide bonds. The van der Waals surface area contributed by atoms with Gasteiger partial charge in [0.15, 0.2) is 0 Å². The van der Waals surface area contributed by atoms with Crippen LogP contribution in [0.2, 0.25) is 0 Å². The van der Waals surface area contributed by atoms with Crippen LogP contribution in [0.5, 0.6) is 0 Å². The number of aromatic nitrogens is 6. The standard InChI is InChI=1S/C29H31N9O/c1-37-10-12-38(13-11-37)28-21-15-25(33-23(21)8-9-31-28)27-26-24(35-36-27)7-6-22(34-26)19-14-20(17-30-16-19)32-29(39)18-4-2-3-5-18/h6-9,14-18,33H,2-5,10-13H2,1H3,(H,32,39)(H,35,36). The number of nitrogens with one attached hydrogen (secondary N) is 3. The Morgan fingerprint density at radius 1 is 1.03 bits per heavy atom. The second-order valence-electron chi connectivity index (χ2n) is 10.7. The monoisotopic (exact) mass is 521 g/mol. The molecule has 0 spiro atoms. The van der Waals surface area contributed by atoms with Crippen LogP contribution < -0.4 is 10.2 Å². The maximum atomic E-state index is 12.6. The zero-order chi connectivity index (χ0) is 26.3. The lowest BCUT2D eigenvalue weighted by atomic mass is 10.1. The van der Waals surface area contributed by atoms with E-state index in [1.165, 1.54) is 0 Å². The van der Waals surface area contributed by atoms with Gasteiger partial charge in [0, 0.05) is 55.4 Å². The predicted octanol–water partition coefficient (Wildman–Crippen LogP) is 4.44. The van der Waals surface area contributed by atoms with Gasteiger partial charge < -0.3 is 20.1 Å². The van der Waals surface area contributed by atoms with E-state index in [1.807, 2.05) is 30.5 Å². The number of likely N-dealkylation sites (N-methyl/N-ethyl adjacent to an activating group) is 1. The van der Waals surface area contributed by atoms with Gasteiger partial charge in [-0.3, -0.25) is 14.9 Å². The number of nitrogens with zero attached hydrogens (tertiary/aromatic N) is 6. The van der Waals surface area contributed by atoms with Crippen molar-refractivity contribution in [1.82, 2.24) is 35.0 Å². The SMILES string of the molecule is CN1CCN(c2nccc3[nH]c(-c4n[nH]c5ccc(-c6cncc(NC(=O)C7CCCC7)c6)nc45)cc23)CC1. The molecule has 5 aromatic rings. The second kappa shape index (κ2) is 9.77. The molecule has 6 heterocycles. The van der Waals surface area contributed by atoms with Crippen LogP contribution in [-0.4, -0.2) is 74.2 Å². The van der Waals surface area contributed by atoms with E-state index in [2.05, 4.69) is 48.4 Å². The Morgan fingerprint density at radius 3 is 2.72 bits per heavy atom. The van der Waals surface area contributed by atoms with E-state index in [-0.39, 0.29) is 11.8 Å². The molecular weight excluding hydrogens is 490 g/mol. The number of rotatable bonds is 5. The second-order valence-corrected chi connectivity index (χ2v) is 10.7. The summed E-state index contributed by atoms with van der Waals surface area (Å²) >= 11 is 0. The van der Waals surface area contributed by atoms with Crippen molar-refractivity contribution in [2.24, 2.45) is 5.92 Å². The molecule has 2 aliphatic rings. The minimum absolute atomic E-state index is 0.0798. The van der Waals surface area contributed by atoms with E-state index >= 15 is 0 Å². The number of piperazine rings is 1. The number of carbonyl (C=O) groups is 1. The van der Waals surface area contributed by atoms with Crippen LogP contribution in [-0.2, 0) is 4.79 Å². The fourth-order valence-corrected chi connectivity index (χ4v) is 5.77. The quantitative estimate of drug-likeness (QED) is 0.313. The molecule has 1 saturated carbocycles. The van der Waals surface area contributed by atoms with E-state index < -0.39 is 0 Å². The minimum atomic E-state index is 0.0798. The number of pyridine rings is 3. The van der Waals surface area contributed by atoms with Gasteiger partial charge in [0.1, 0.15) is 17.0 Å². The molecule has 1 aliphatic carbocycles. The smallest absolute Gasteiger partial charge is 0.227 e. The van der Waals surface area contributed by atoms with E-state index in [9.17, 15) is 4.79 Å². The Kier molecular flexibility index (Phi) is 5.96. The van der Waals surface area contributed by atoms with Crippen molar-refractivity contribution in [1.29, 1.82) is 0 Å². The Labute approximate surface area is 225 Å². The van der Waals surface area contributed by atoms with Gasteiger partial charge in [-0.05, 0) is 50.2 Å². The Morgan fingerprint density at radius 2 is 1.87 bits per heavy atom. The summed E-state index contributed by atoms with van der Waals surface area (Å²) in [5.74, 6) is 1.18. The summed E-state index contributed by atoms with van der Waals surface area (Å²) in [7, 11) is 2.16. The van der Waals surface area contributed by atoms with Gasteiger partial charge in [-0.2, -0.15) is 5.10 Å². The van der Waals surface area contributed by atoms with Crippen molar-refractivity contribution in [3.05, 3.63) is 48.9 Å². The van der Waals surface area contributed by atoms with Gasteiger partial charge in [0.25, 0.3) is 0 Å². The molecule has 10 nitrogen and oxygen atoms in total. The number of H-pyrrole nitrogens is 2. The highest BCUT2D eigenvalue weighted by Crippen LogP contribution is 2.33. The van der Waals surface area contributed by atoms with Crippen LogP contribution in [0.3, 0.4) is 0 Å². The van der Waals surface area contributed by atoms with Gasteiger partial charge >= 0.3 is 0 Å². The summed E-state index contributed by atoms with van der Waals surface area (Å²) in [6.45, 7) is 3.94. The van der Waals surface area contributed by atoms with Crippen LogP contribution in [0.1, 0.15) is 25.7 Å². The van der Waals surface area contributed by atoms with E-state index in [0.717, 1.165) is 102 Å². The number of anilines is 2. The highest BCUT2D eigenvalue weighted by molar-refractivity contribution is 5.98. The number of hydrogen-bond acceptors (Lipinski definition) is 7. The van der Waals surface area contributed by atoms with Gasteiger partial charge in [-0.1, -0.05) is 12.8 Å². The first-order valence-electron chi connectivity index (χ1n) is 13.7. The van der Waals surface area contributed by atoms with E-state index in [0.29, 0.717) is 5.69 Å². The maximum absolute atomic E-state index is 12.6. The minimum Gasteiger partial charge on any atom is -0.353 e. The van der Waals surface area contributed by atoms with Crippen molar-refractivity contribution in [3.8, 4) is 22.6 Å². The Hall–Kier alpha value is -4.31. The molecular formula is C29H31N9O. The number of hydrogen-bond donors (Lipinski definition) is 3. The first kappa shape index (κ1) is 23.8. The molecule has 198 valence electrons. The maximum Gasteiger partial charge on any atom is 0.227 e. The summed E-state index contributed by atoms with van der Waals surface area (Å²) in [4.78, 5) is 34.9. The third kappa shape index (κ3) is 4.50. The first-order chi connectivity index (χ1) is 19.1. The average Bonchev–Trinajstić information content (AvgIpc) is 3.73. The van der Waals surface area contributed by atoms with Crippen LogP contribution in [0.15, 0.2) is 48.9 Å². The lowest BCUT2D eigenvalue weighted by molar-refractivity contribution is -0.119. The van der Waals surface area contributed by atoms with Gasteiger partial charge in [-0.15, -0.1) is 0 Å². The highest BCUT2D eigenvalue weighted by atomic mass is 16.1. The molecule has 1 aliphatic heterocycles. The average molecular weight is 522 g/mol. The largest absolute Gasteiger partial charge is 0.353 e. The first-order valence-corrected chi connectivity index (χ1v) is 13.7. The summed E-state index contributed by atoms with van der Waals surface area (Å²) in [5.41, 5.74) is 6.59. The molecule has 1 saturated heterocycles. The summed E-state index contributed by atoms with van der Waals surface area (Å²) in [5, 5.41) is 11.9. The molecule has 0 radical (unpaired) electrons. The molecule has 3 N–H and O–H groups in total. The topological polar surface area (TPSA) is 119 Å². The molecule has 7 rings (SSSR count). The Bertz CT molecular complexity index is 1660. The van der Waals surface area contributed by atoms with Gasteiger partial charge in [-0.25, -0.2) is 9.97 Å². The summed E-state index contributed by atoms with van der Waals surface area (Å²) in [6.07, 6.45) is 9.49. The third-order valence-electron chi connectivity index (χ3n) is 8.02. The number of carbonyl (C=O) groups excluding carboxylic acids is 1. The lowest BCUT2D eigenvalue weighted by Gasteiger charge is -2.33. The zero-order valence-corrected chi connectivity index (χ0v) is 21.9. The van der Waals surface area contributed by atoms with Crippen molar-refractivity contribution < 1.29 is 4.79 Å². The molecule has 5 aromatic heterocycles. The fraction of sp³-hybridized carbons (Fsp3) is 0.345. The summed E-state index contributed by atoms with van der Waals surface area (Å²) < 4.78 is 0. The van der Waals surface area contributed by atoms with Crippen molar-refractivity contribution >= 4 is 39.3 Å².